The number of rotatable bonds is 9. The molecular weight excluding hydrogens is 398 g/mol. The Hall–Kier alpha value is -2.98. The molecule has 0 fully saturated rings. The van der Waals surface area contributed by atoms with Crippen LogP contribution in [0.2, 0.25) is 0 Å². The lowest BCUT2D eigenvalue weighted by Gasteiger charge is -2.27. The number of fused-ring (bicyclic) bond motifs is 1. The summed E-state index contributed by atoms with van der Waals surface area (Å²) in [7, 11) is 1.52. The van der Waals surface area contributed by atoms with Gasteiger partial charge in [0.1, 0.15) is 5.69 Å². The van der Waals surface area contributed by atoms with Crippen LogP contribution >= 0.6 is 0 Å². The fourth-order valence-electron chi connectivity index (χ4n) is 3.28. The number of benzene rings is 1. The molecule has 31 heavy (non-hydrogen) atoms. The molecular formula is C21H33N7O3. The van der Waals surface area contributed by atoms with E-state index in [1.165, 1.54) is 7.11 Å². The number of aromatic hydroxyl groups is 1. The number of hydrogen-bond acceptors (Lipinski definition) is 10. The van der Waals surface area contributed by atoms with Crippen molar-refractivity contribution in [2.75, 3.05) is 34.3 Å². The molecule has 1 aliphatic rings. The number of hydrazine groups is 2. The number of aliphatic hydroxyl groups excluding tert-OH is 1. The molecule has 1 aliphatic heterocycles. The molecule has 10 heteroatoms. The Morgan fingerprint density at radius 3 is 2.39 bits per heavy atom. The number of phenolic OH excluding ortho intramolecular Hbond substituents is 1. The summed E-state index contributed by atoms with van der Waals surface area (Å²) >= 11 is 0. The van der Waals surface area contributed by atoms with Crippen LogP contribution in [0.5, 0.6) is 11.5 Å². The van der Waals surface area contributed by atoms with Gasteiger partial charge in [-0.1, -0.05) is 12.1 Å². The Bertz CT molecular complexity index is 905. The Morgan fingerprint density at radius 1 is 1.06 bits per heavy atom. The van der Waals surface area contributed by atoms with Crippen LogP contribution in [0.25, 0.3) is 0 Å². The van der Waals surface area contributed by atoms with E-state index in [9.17, 15) is 10.2 Å². The Morgan fingerprint density at radius 2 is 1.77 bits per heavy atom. The minimum Gasteiger partial charge on any atom is -0.504 e. The highest BCUT2D eigenvalue weighted by molar-refractivity contribution is 5.83. The standard InChI is InChI=1S/C21H33N7O3/c1-12(2)27-17-19(22-11-15-8-7-9-16(31-6)18(15)30)24-21(23-10-14(5)29)25-20(17)28(26-27)13(3)4/h7-9,12-14,26,29-30H,10-11H2,1-6H3,(H2,22,23,24,25). The number of methoxy groups -OCH3 is 1. The van der Waals surface area contributed by atoms with Gasteiger partial charge in [-0.3, -0.25) is 10.0 Å². The number of nitrogens with zero attached hydrogens (tertiary/aromatic N) is 4. The van der Waals surface area contributed by atoms with E-state index in [2.05, 4.69) is 48.8 Å². The normalized spacial score (nSPS) is 14.2. The van der Waals surface area contributed by atoms with Gasteiger partial charge in [-0.15, -0.1) is 5.53 Å². The first-order valence-electron chi connectivity index (χ1n) is 10.5. The molecule has 1 aromatic heterocycles. The van der Waals surface area contributed by atoms with E-state index in [-0.39, 0.29) is 17.8 Å². The third-order valence-corrected chi connectivity index (χ3v) is 4.89. The fraction of sp³-hybridized carbons (Fsp3) is 0.524. The monoisotopic (exact) mass is 431 g/mol. The summed E-state index contributed by atoms with van der Waals surface area (Å²) in [6.45, 7) is 10.7. The highest BCUT2D eigenvalue weighted by atomic mass is 16.5. The van der Waals surface area contributed by atoms with E-state index in [0.717, 1.165) is 11.5 Å². The summed E-state index contributed by atoms with van der Waals surface area (Å²) < 4.78 is 5.21. The van der Waals surface area contributed by atoms with Crippen LogP contribution in [-0.4, -0.2) is 52.0 Å². The molecule has 1 atom stereocenters. The molecule has 2 heterocycles. The summed E-state index contributed by atoms with van der Waals surface area (Å²) in [6.07, 6.45) is -0.534. The van der Waals surface area contributed by atoms with Crippen molar-refractivity contribution >= 4 is 23.3 Å². The highest BCUT2D eigenvalue weighted by Crippen LogP contribution is 2.40. The number of phenols is 1. The Balaban J connectivity index is 2.00. The van der Waals surface area contributed by atoms with Gasteiger partial charge in [0.2, 0.25) is 5.95 Å². The lowest BCUT2D eigenvalue weighted by Crippen LogP contribution is -2.50. The lowest BCUT2D eigenvalue weighted by molar-refractivity contribution is 0.208. The van der Waals surface area contributed by atoms with Crippen molar-refractivity contribution in [2.24, 2.45) is 0 Å². The first kappa shape index (κ1) is 22.7. The van der Waals surface area contributed by atoms with Crippen molar-refractivity contribution in [3.63, 3.8) is 0 Å². The van der Waals surface area contributed by atoms with Gasteiger partial charge in [-0.2, -0.15) is 9.97 Å². The molecule has 170 valence electrons. The summed E-state index contributed by atoms with van der Waals surface area (Å²) in [5, 5.41) is 30.5. The first-order valence-corrected chi connectivity index (χ1v) is 10.5. The van der Waals surface area contributed by atoms with E-state index < -0.39 is 6.10 Å². The van der Waals surface area contributed by atoms with Crippen LogP contribution in [0.3, 0.4) is 0 Å². The number of nitrogens with one attached hydrogen (secondary N) is 3. The third-order valence-electron chi connectivity index (χ3n) is 4.89. The second-order valence-electron chi connectivity index (χ2n) is 8.15. The van der Waals surface area contributed by atoms with Crippen molar-refractivity contribution < 1.29 is 14.9 Å². The number of aliphatic hydroxyl groups is 1. The van der Waals surface area contributed by atoms with Crippen LogP contribution in [0.1, 0.15) is 40.2 Å². The number of para-hydroxylation sites is 1. The van der Waals surface area contributed by atoms with E-state index in [1.807, 2.05) is 22.2 Å². The molecule has 0 bridgehead atoms. The second kappa shape index (κ2) is 9.44. The van der Waals surface area contributed by atoms with Crippen molar-refractivity contribution in [2.45, 2.75) is 59.4 Å². The molecule has 0 saturated carbocycles. The van der Waals surface area contributed by atoms with Crippen molar-refractivity contribution in [3.05, 3.63) is 23.8 Å². The maximum absolute atomic E-state index is 10.4. The predicted octanol–water partition coefficient (Wildman–Crippen LogP) is 2.46. The summed E-state index contributed by atoms with van der Waals surface area (Å²) in [5.74, 6) is 2.28. The van der Waals surface area contributed by atoms with Crippen molar-refractivity contribution in [1.82, 2.24) is 15.5 Å². The van der Waals surface area contributed by atoms with Gasteiger partial charge in [0.15, 0.2) is 23.1 Å². The largest absolute Gasteiger partial charge is 0.504 e. The quantitative estimate of drug-likeness (QED) is 0.405. The molecule has 3 rings (SSSR count). The van der Waals surface area contributed by atoms with Crippen LogP contribution in [0.4, 0.5) is 23.3 Å². The average molecular weight is 432 g/mol. The Labute approximate surface area is 183 Å². The van der Waals surface area contributed by atoms with E-state index in [1.54, 1.807) is 13.0 Å². The molecule has 1 aromatic carbocycles. The van der Waals surface area contributed by atoms with Gasteiger partial charge in [0, 0.05) is 30.7 Å². The summed E-state index contributed by atoms with van der Waals surface area (Å²) in [5.41, 5.74) is 4.91. The summed E-state index contributed by atoms with van der Waals surface area (Å²) in [6, 6.07) is 5.67. The van der Waals surface area contributed by atoms with Crippen molar-refractivity contribution in [3.8, 4) is 11.5 Å². The van der Waals surface area contributed by atoms with Crippen LogP contribution in [0, 0.1) is 0 Å². The SMILES string of the molecule is COc1cccc(CNc2nc(NCC(C)O)nc3c2N(C(C)C)NN3C(C)C)c1O. The van der Waals surface area contributed by atoms with Gasteiger partial charge in [-0.05, 0) is 40.7 Å². The van der Waals surface area contributed by atoms with Gasteiger partial charge < -0.3 is 25.6 Å². The van der Waals surface area contributed by atoms with E-state index in [4.69, 9.17) is 9.72 Å². The van der Waals surface area contributed by atoms with E-state index >= 15 is 0 Å². The third kappa shape index (κ3) is 4.86. The van der Waals surface area contributed by atoms with E-state index in [0.29, 0.717) is 36.2 Å². The van der Waals surface area contributed by atoms with Crippen LogP contribution in [-0.2, 0) is 6.54 Å². The Kier molecular flexibility index (Phi) is 6.91. The van der Waals surface area contributed by atoms with Gasteiger partial charge in [0.05, 0.1) is 13.2 Å². The average Bonchev–Trinajstić information content (AvgIpc) is 3.11. The van der Waals surface area contributed by atoms with Crippen LogP contribution in [0.15, 0.2) is 18.2 Å². The number of hydrogen-bond donors (Lipinski definition) is 5. The molecule has 1 unspecified atom stereocenters. The van der Waals surface area contributed by atoms with Gasteiger partial charge in [-0.25, -0.2) is 0 Å². The number of ether oxygens (including phenoxy) is 1. The molecule has 0 spiro atoms. The van der Waals surface area contributed by atoms with Crippen LogP contribution < -0.4 is 30.9 Å². The summed E-state index contributed by atoms with van der Waals surface area (Å²) in [4.78, 5) is 9.36. The molecule has 0 amide bonds. The molecule has 2 aromatic rings. The zero-order valence-electron chi connectivity index (χ0n) is 19.0. The maximum Gasteiger partial charge on any atom is 0.226 e. The number of aromatic nitrogens is 2. The predicted molar refractivity (Wildman–Crippen MR) is 123 cm³/mol. The van der Waals surface area contributed by atoms with Gasteiger partial charge >= 0.3 is 0 Å². The maximum atomic E-state index is 10.4. The zero-order chi connectivity index (χ0) is 22.7. The topological polar surface area (TPSA) is 118 Å². The molecule has 10 nitrogen and oxygen atoms in total. The second-order valence-corrected chi connectivity index (χ2v) is 8.15. The molecule has 0 radical (unpaired) electrons. The highest BCUT2D eigenvalue weighted by Gasteiger charge is 2.34. The molecule has 5 N–H and O–H groups in total. The zero-order valence-corrected chi connectivity index (χ0v) is 19.0. The first-order chi connectivity index (χ1) is 14.7. The van der Waals surface area contributed by atoms with Crippen molar-refractivity contribution in [1.29, 1.82) is 0 Å². The molecule has 0 aliphatic carbocycles. The fourth-order valence-corrected chi connectivity index (χ4v) is 3.28. The lowest BCUT2D eigenvalue weighted by atomic mass is 10.2. The smallest absolute Gasteiger partial charge is 0.226 e. The minimum atomic E-state index is -0.534. The van der Waals surface area contributed by atoms with Gasteiger partial charge in [0.25, 0.3) is 0 Å². The number of anilines is 4. The minimum absolute atomic E-state index is 0.0957. The molecule has 0 saturated heterocycles.